The van der Waals surface area contributed by atoms with E-state index in [0.717, 1.165) is 10.0 Å². The Hall–Kier alpha value is -1.36. The number of hydrogen-bond acceptors (Lipinski definition) is 3. The topological polar surface area (TPSA) is 46.6 Å². The van der Waals surface area contributed by atoms with E-state index in [0.29, 0.717) is 6.54 Å². The number of benzene rings is 1. The van der Waals surface area contributed by atoms with Crippen LogP contribution in [0.3, 0.4) is 0 Å². The SMILES string of the molecule is COC(=O)CC(=O)N(C)Cc1ccccc1Br. The van der Waals surface area contributed by atoms with Crippen LogP contribution in [0, 0.1) is 0 Å². The second-order valence-corrected chi connectivity index (χ2v) is 4.45. The van der Waals surface area contributed by atoms with Crippen LogP contribution in [0.2, 0.25) is 0 Å². The second-order valence-electron chi connectivity index (χ2n) is 3.59. The molecule has 4 nitrogen and oxygen atoms in total. The zero-order valence-corrected chi connectivity index (χ0v) is 11.4. The molecule has 0 aliphatic heterocycles. The lowest BCUT2D eigenvalue weighted by Crippen LogP contribution is -2.28. The highest BCUT2D eigenvalue weighted by molar-refractivity contribution is 9.10. The van der Waals surface area contributed by atoms with Crippen LogP contribution < -0.4 is 0 Å². The highest BCUT2D eigenvalue weighted by Gasteiger charge is 2.15. The van der Waals surface area contributed by atoms with Crippen molar-refractivity contribution in [2.75, 3.05) is 14.2 Å². The van der Waals surface area contributed by atoms with E-state index in [-0.39, 0.29) is 12.3 Å². The highest BCUT2D eigenvalue weighted by atomic mass is 79.9. The summed E-state index contributed by atoms with van der Waals surface area (Å²) < 4.78 is 5.39. The second kappa shape index (κ2) is 6.39. The van der Waals surface area contributed by atoms with Gasteiger partial charge in [0.25, 0.3) is 0 Å². The van der Waals surface area contributed by atoms with Crippen molar-refractivity contribution in [3.63, 3.8) is 0 Å². The highest BCUT2D eigenvalue weighted by Crippen LogP contribution is 2.17. The largest absolute Gasteiger partial charge is 0.469 e. The number of ether oxygens (including phenoxy) is 1. The lowest BCUT2D eigenvalue weighted by Gasteiger charge is -2.17. The molecule has 0 aliphatic carbocycles. The Morgan fingerprint density at radius 3 is 2.59 bits per heavy atom. The number of hydrogen-bond donors (Lipinski definition) is 0. The van der Waals surface area contributed by atoms with E-state index in [4.69, 9.17) is 0 Å². The maximum absolute atomic E-state index is 11.6. The first-order chi connectivity index (χ1) is 8.04. The molecular formula is C12H14BrNO3. The number of carbonyl (C=O) groups is 2. The first-order valence-electron chi connectivity index (χ1n) is 5.08. The third kappa shape index (κ3) is 4.19. The predicted molar refractivity (Wildman–Crippen MR) is 67.2 cm³/mol. The van der Waals surface area contributed by atoms with Crippen molar-refractivity contribution in [3.8, 4) is 0 Å². The van der Waals surface area contributed by atoms with Crippen LogP contribution in [-0.4, -0.2) is 30.9 Å². The minimum atomic E-state index is -0.519. The quantitative estimate of drug-likeness (QED) is 0.631. The van der Waals surface area contributed by atoms with Gasteiger partial charge in [-0.2, -0.15) is 0 Å². The summed E-state index contributed by atoms with van der Waals surface area (Å²) in [6.07, 6.45) is -0.225. The third-order valence-electron chi connectivity index (χ3n) is 2.31. The lowest BCUT2D eigenvalue weighted by molar-refractivity contribution is -0.146. The van der Waals surface area contributed by atoms with Crippen molar-refractivity contribution in [2.45, 2.75) is 13.0 Å². The zero-order valence-electron chi connectivity index (χ0n) is 9.77. The van der Waals surface area contributed by atoms with E-state index in [1.54, 1.807) is 7.05 Å². The van der Waals surface area contributed by atoms with Gasteiger partial charge in [0.1, 0.15) is 6.42 Å². The van der Waals surface area contributed by atoms with Crippen molar-refractivity contribution >= 4 is 27.8 Å². The fourth-order valence-electron chi connectivity index (χ4n) is 1.30. The summed E-state index contributed by atoms with van der Waals surface area (Å²) in [5.41, 5.74) is 0.994. The summed E-state index contributed by atoms with van der Waals surface area (Å²) in [7, 11) is 2.92. The Bertz CT molecular complexity index is 420. The van der Waals surface area contributed by atoms with Crippen molar-refractivity contribution in [1.82, 2.24) is 4.90 Å². The van der Waals surface area contributed by atoms with Crippen molar-refractivity contribution < 1.29 is 14.3 Å². The van der Waals surface area contributed by atoms with E-state index < -0.39 is 5.97 Å². The van der Waals surface area contributed by atoms with Crippen LogP contribution in [0.1, 0.15) is 12.0 Å². The predicted octanol–water partition coefficient (Wildman–Crippen LogP) is 1.97. The first-order valence-corrected chi connectivity index (χ1v) is 5.88. The van der Waals surface area contributed by atoms with Gasteiger partial charge >= 0.3 is 5.97 Å². The van der Waals surface area contributed by atoms with Gasteiger partial charge in [0.05, 0.1) is 7.11 Å². The van der Waals surface area contributed by atoms with Gasteiger partial charge in [0.2, 0.25) is 5.91 Å². The molecule has 0 heterocycles. The smallest absolute Gasteiger partial charge is 0.315 e. The molecule has 0 N–H and O–H groups in total. The van der Waals surface area contributed by atoms with Gasteiger partial charge in [-0.3, -0.25) is 9.59 Å². The molecule has 0 atom stereocenters. The Labute approximate surface area is 109 Å². The first kappa shape index (κ1) is 13.7. The Morgan fingerprint density at radius 1 is 1.35 bits per heavy atom. The molecule has 0 bridgehead atoms. The fourth-order valence-corrected chi connectivity index (χ4v) is 1.71. The van der Waals surface area contributed by atoms with Gasteiger partial charge in [0.15, 0.2) is 0 Å². The Morgan fingerprint density at radius 2 is 2.00 bits per heavy atom. The molecular weight excluding hydrogens is 286 g/mol. The maximum atomic E-state index is 11.6. The molecule has 0 aliphatic rings. The minimum Gasteiger partial charge on any atom is -0.469 e. The molecule has 0 unspecified atom stereocenters. The normalized spacial score (nSPS) is 9.82. The number of esters is 1. The molecule has 0 saturated carbocycles. The molecule has 92 valence electrons. The molecule has 0 spiro atoms. The number of methoxy groups -OCH3 is 1. The van der Waals surface area contributed by atoms with Crippen LogP contribution in [0.4, 0.5) is 0 Å². The molecule has 17 heavy (non-hydrogen) atoms. The summed E-state index contributed by atoms with van der Waals surface area (Å²) in [5.74, 6) is -0.776. The monoisotopic (exact) mass is 299 g/mol. The Kier molecular flexibility index (Phi) is 5.15. The standard InChI is InChI=1S/C12H14BrNO3/c1-14(11(15)7-12(16)17-2)8-9-5-3-4-6-10(9)13/h3-6H,7-8H2,1-2H3. The van der Waals surface area contributed by atoms with Crippen LogP contribution in [0.25, 0.3) is 0 Å². The van der Waals surface area contributed by atoms with Crippen LogP contribution in [-0.2, 0) is 20.9 Å². The molecule has 0 aromatic heterocycles. The van der Waals surface area contributed by atoms with Gasteiger partial charge in [-0.15, -0.1) is 0 Å². The average molecular weight is 300 g/mol. The van der Waals surface area contributed by atoms with Gasteiger partial charge in [0, 0.05) is 18.1 Å². The Balaban J connectivity index is 2.60. The third-order valence-corrected chi connectivity index (χ3v) is 3.09. The van der Waals surface area contributed by atoms with Crippen molar-refractivity contribution in [2.24, 2.45) is 0 Å². The van der Waals surface area contributed by atoms with E-state index in [2.05, 4.69) is 20.7 Å². The summed E-state index contributed by atoms with van der Waals surface area (Å²) in [5, 5.41) is 0. The molecule has 1 amide bonds. The van der Waals surface area contributed by atoms with Crippen LogP contribution >= 0.6 is 15.9 Å². The molecule has 0 fully saturated rings. The van der Waals surface area contributed by atoms with Gasteiger partial charge < -0.3 is 9.64 Å². The molecule has 1 aromatic carbocycles. The number of rotatable bonds is 4. The average Bonchev–Trinajstić information content (AvgIpc) is 2.31. The van der Waals surface area contributed by atoms with Crippen molar-refractivity contribution in [3.05, 3.63) is 34.3 Å². The minimum absolute atomic E-state index is 0.225. The van der Waals surface area contributed by atoms with Gasteiger partial charge in [-0.1, -0.05) is 34.1 Å². The summed E-state index contributed by atoms with van der Waals surface area (Å²) in [6, 6.07) is 7.64. The summed E-state index contributed by atoms with van der Waals surface area (Å²) in [4.78, 5) is 24.1. The molecule has 5 heteroatoms. The van der Waals surface area contributed by atoms with E-state index in [1.807, 2.05) is 24.3 Å². The molecule has 1 aromatic rings. The fraction of sp³-hybridized carbons (Fsp3) is 0.333. The summed E-state index contributed by atoms with van der Waals surface area (Å²) >= 11 is 3.41. The molecule has 0 radical (unpaired) electrons. The maximum Gasteiger partial charge on any atom is 0.315 e. The number of carbonyl (C=O) groups excluding carboxylic acids is 2. The number of nitrogens with zero attached hydrogens (tertiary/aromatic N) is 1. The lowest BCUT2D eigenvalue weighted by atomic mass is 10.2. The number of halogens is 1. The van der Waals surface area contributed by atoms with Gasteiger partial charge in [-0.25, -0.2) is 0 Å². The van der Waals surface area contributed by atoms with E-state index >= 15 is 0 Å². The zero-order chi connectivity index (χ0) is 12.8. The van der Waals surface area contributed by atoms with E-state index in [9.17, 15) is 9.59 Å². The van der Waals surface area contributed by atoms with Gasteiger partial charge in [-0.05, 0) is 11.6 Å². The van der Waals surface area contributed by atoms with E-state index in [1.165, 1.54) is 12.0 Å². The summed E-state index contributed by atoms with van der Waals surface area (Å²) in [6.45, 7) is 0.456. The molecule has 0 saturated heterocycles. The number of amides is 1. The van der Waals surface area contributed by atoms with Crippen LogP contribution in [0.5, 0.6) is 0 Å². The van der Waals surface area contributed by atoms with Crippen molar-refractivity contribution in [1.29, 1.82) is 0 Å². The van der Waals surface area contributed by atoms with Crippen LogP contribution in [0.15, 0.2) is 28.7 Å². The molecule has 1 rings (SSSR count).